The minimum Gasteiger partial charge on any atom is -0.480 e. The van der Waals surface area contributed by atoms with E-state index in [-0.39, 0.29) is 28.2 Å². The number of aromatic carboxylic acids is 1. The van der Waals surface area contributed by atoms with E-state index >= 15 is 0 Å². The van der Waals surface area contributed by atoms with Crippen LogP contribution in [0.25, 0.3) is 16.5 Å². The number of hydrogen-bond donors (Lipinski definition) is 6. The molecule has 0 spiro atoms. The third-order valence-electron chi connectivity index (χ3n) is 6.89. The zero-order valence-electron chi connectivity index (χ0n) is 24.4. The quantitative estimate of drug-likeness (QED) is 0.0511. The lowest BCUT2D eigenvalue weighted by molar-refractivity contribution is -0.138. The van der Waals surface area contributed by atoms with Gasteiger partial charge in [-0.2, -0.15) is 0 Å². The van der Waals surface area contributed by atoms with Gasteiger partial charge in [-0.15, -0.1) is 10.2 Å². The number of carbonyl (C=O) groups is 3. The molecule has 13 nitrogen and oxygen atoms in total. The summed E-state index contributed by atoms with van der Waals surface area (Å²) in [6.07, 6.45) is 3.40. The number of benzene rings is 3. The Morgan fingerprint density at radius 1 is 1.09 bits per heavy atom. The predicted molar refractivity (Wildman–Crippen MR) is 182 cm³/mol. The fourth-order valence-electron chi connectivity index (χ4n) is 4.51. The van der Waals surface area contributed by atoms with Gasteiger partial charge in [0.15, 0.2) is 11.1 Å². The number of rotatable bonds is 12. The molecule has 0 aliphatic heterocycles. The molecule has 9 N–H and O–H groups in total. The Kier molecular flexibility index (Phi) is 12.0. The molecule has 0 unspecified atom stereocenters. The maximum absolute atomic E-state index is 12.6. The van der Waals surface area contributed by atoms with Crippen molar-refractivity contribution >= 4 is 79.6 Å². The van der Waals surface area contributed by atoms with E-state index in [0.29, 0.717) is 40.9 Å². The highest BCUT2D eigenvalue weighted by Gasteiger charge is 2.26. The molecule has 1 atom stereocenters. The number of nitrogens with zero attached hydrogens (tertiary/aromatic N) is 4. The molecule has 1 aromatic heterocycles. The van der Waals surface area contributed by atoms with Gasteiger partial charge in [-0.25, -0.2) is 4.79 Å². The SMILES string of the molecule is NC(N)=NCCC[C@H](N)C(=O)O.O=C(CSc1nnc(Br)n1-c1ccc(C2CC2)c2ccccc12)Nc1ccc(C(=O)O)cc1Cl. The Labute approximate surface area is 281 Å². The summed E-state index contributed by atoms with van der Waals surface area (Å²) in [7, 11) is 0. The normalized spacial score (nSPS) is 12.9. The van der Waals surface area contributed by atoms with Crippen LogP contribution in [0.5, 0.6) is 0 Å². The number of thioether (sulfide) groups is 1. The highest BCUT2D eigenvalue weighted by molar-refractivity contribution is 9.10. The molecule has 16 heteroatoms. The minimum atomic E-state index is -1.09. The summed E-state index contributed by atoms with van der Waals surface area (Å²) in [5.41, 5.74) is 18.0. The number of aliphatic imine (C=N–C) groups is 1. The Morgan fingerprint density at radius 3 is 2.43 bits per heavy atom. The second kappa shape index (κ2) is 15.9. The van der Waals surface area contributed by atoms with Crippen LogP contribution in [0.15, 0.2) is 69.5 Å². The van der Waals surface area contributed by atoms with E-state index in [1.807, 2.05) is 16.7 Å². The van der Waals surface area contributed by atoms with Crippen LogP contribution in [0.2, 0.25) is 5.02 Å². The van der Waals surface area contributed by atoms with Crippen LogP contribution in [0, 0.1) is 0 Å². The molecule has 1 heterocycles. The number of hydrogen-bond acceptors (Lipinski definition) is 8. The van der Waals surface area contributed by atoms with Crippen molar-refractivity contribution in [1.29, 1.82) is 0 Å². The van der Waals surface area contributed by atoms with Gasteiger partial charge in [0.05, 0.1) is 27.7 Å². The summed E-state index contributed by atoms with van der Waals surface area (Å²) in [6.45, 7) is 0.420. The van der Waals surface area contributed by atoms with Gasteiger partial charge in [-0.3, -0.25) is 19.1 Å². The minimum absolute atomic E-state index is 0.0129. The molecule has 242 valence electrons. The number of amides is 1. The van der Waals surface area contributed by atoms with E-state index in [1.165, 1.54) is 53.8 Å². The topological polar surface area (TPSA) is 225 Å². The molecular formula is C30H32BrClN8O5S. The second-order valence-corrected chi connectivity index (χ2v) is 12.4. The first-order valence-corrected chi connectivity index (χ1v) is 16.2. The average Bonchev–Trinajstić information content (AvgIpc) is 3.80. The molecule has 46 heavy (non-hydrogen) atoms. The number of fused-ring (bicyclic) bond motifs is 1. The number of aromatic nitrogens is 3. The summed E-state index contributed by atoms with van der Waals surface area (Å²) >= 11 is 10.9. The van der Waals surface area contributed by atoms with Crippen molar-refractivity contribution in [3.05, 3.63) is 75.5 Å². The van der Waals surface area contributed by atoms with Crippen molar-refractivity contribution in [2.45, 2.75) is 42.8 Å². The maximum atomic E-state index is 12.6. The molecule has 4 aromatic rings. The zero-order chi connectivity index (χ0) is 33.4. The third kappa shape index (κ3) is 9.19. The van der Waals surface area contributed by atoms with Crippen molar-refractivity contribution in [3.63, 3.8) is 0 Å². The molecule has 1 saturated carbocycles. The zero-order valence-corrected chi connectivity index (χ0v) is 27.6. The molecule has 0 radical (unpaired) electrons. The smallest absolute Gasteiger partial charge is 0.335 e. The molecule has 1 aliphatic carbocycles. The molecule has 5 rings (SSSR count). The average molecular weight is 732 g/mol. The first-order chi connectivity index (χ1) is 22.0. The van der Waals surface area contributed by atoms with Gasteiger partial charge < -0.3 is 32.7 Å². The van der Waals surface area contributed by atoms with Crippen molar-refractivity contribution in [1.82, 2.24) is 14.8 Å². The summed E-state index contributed by atoms with van der Waals surface area (Å²) in [6, 6.07) is 15.9. The van der Waals surface area contributed by atoms with Crippen LogP contribution in [0.1, 0.15) is 47.5 Å². The number of halogens is 2. The molecule has 1 aliphatic rings. The summed E-state index contributed by atoms with van der Waals surface area (Å²) in [4.78, 5) is 37.5. The van der Waals surface area contributed by atoms with Gasteiger partial charge in [-0.05, 0) is 82.7 Å². The van der Waals surface area contributed by atoms with Crippen LogP contribution in [0.4, 0.5) is 5.69 Å². The van der Waals surface area contributed by atoms with Crippen molar-refractivity contribution in [3.8, 4) is 5.69 Å². The number of aliphatic carboxylic acids is 1. The molecule has 0 bridgehead atoms. The first-order valence-electron chi connectivity index (χ1n) is 14.1. The van der Waals surface area contributed by atoms with Crippen LogP contribution in [-0.4, -0.2) is 67.1 Å². The molecule has 1 amide bonds. The number of nitrogens with two attached hydrogens (primary N) is 3. The van der Waals surface area contributed by atoms with Gasteiger partial charge in [0.1, 0.15) is 6.04 Å². The lowest BCUT2D eigenvalue weighted by atomic mass is 9.99. The number of guanidine groups is 1. The van der Waals surface area contributed by atoms with Crippen LogP contribution < -0.4 is 22.5 Å². The molecular weight excluding hydrogens is 700 g/mol. The van der Waals surface area contributed by atoms with Crippen molar-refractivity contribution in [2.75, 3.05) is 17.6 Å². The monoisotopic (exact) mass is 730 g/mol. The van der Waals surface area contributed by atoms with E-state index in [2.05, 4.69) is 60.7 Å². The van der Waals surface area contributed by atoms with Crippen LogP contribution >= 0.6 is 39.3 Å². The van der Waals surface area contributed by atoms with Crippen LogP contribution in [-0.2, 0) is 9.59 Å². The van der Waals surface area contributed by atoms with Crippen molar-refractivity contribution < 1.29 is 24.6 Å². The van der Waals surface area contributed by atoms with E-state index < -0.39 is 18.0 Å². The Bertz CT molecular complexity index is 1780. The highest BCUT2D eigenvalue weighted by atomic mass is 79.9. The van der Waals surface area contributed by atoms with Gasteiger partial charge in [-0.1, -0.05) is 53.7 Å². The Hall–Kier alpha value is -4.18. The molecule has 1 fully saturated rings. The van der Waals surface area contributed by atoms with E-state index in [0.717, 1.165) is 11.1 Å². The number of anilines is 1. The number of carbonyl (C=O) groups excluding carboxylic acids is 1. The Balaban J connectivity index is 0.000000342. The van der Waals surface area contributed by atoms with E-state index in [4.69, 9.17) is 39.0 Å². The number of nitrogens with one attached hydrogen (secondary N) is 1. The standard InChI is InChI=1S/C24H18BrClN4O3S.C6H14N4O2/c25-23-28-29-24(34-12-21(31)27-19-9-7-14(22(32)33)11-18(19)26)30(23)20-10-8-15(13-5-6-13)16-3-1-2-4-17(16)20;7-4(5(11)12)2-1-3-10-6(8)9/h1-4,7-11,13H,5-6,12H2,(H,27,31)(H,32,33);4H,1-3,7H2,(H,11,12)(H4,8,9,10)/t;4-/m.0/s1. The van der Waals surface area contributed by atoms with Gasteiger partial charge >= 0.3 is 11.9 Å². The number of carboxylic acids is 2. The maximum Gasteiger partial charge on any atom is 0.335 e. The fraction of sp³-hybridized carbons (Fsp3) is 0.267. The van der Waals surface area contributed by atoms with E-state index in [1.54, 1.807) is 0 Å². The van der Waals surface area contributed by atoms with Crippen LogP contribution in [0.3, 0.4) is 0 Å². The third-order valence-corrected chi connectivity index (χ3v) is 8.65. The fourth-order valence-corrected chi connectivity index (χ4v) is 6.04. The largest absolute Gasteiger partial charge is 0.480 e. The molecule has 3 aromatic carbocycles. The predicted octanol–water partition coefficient (Wildman–Crippen LogP) is 4.59. The van der Waals surface area contributed by atoms with Crippen molar-refractivity contribution in [2.24, 2.45) is 22.2 Å². The second-order valence-electron chi connectivity index (χ2n) is 10.3. The molecule has 0 saturated heterocycles. The summed E-state index contributed by atoms with van der Waals surface area (Å²) < 4.78 is 2.44. The summed E-state index contributed by atoms with van der Waals surface area (Å²) in [5, 5.41) is 31.6. The Morgan fingerprint density at radius 2 is 1.80 bits per heavy atom. The highest BCUT2D eigenvalue weighted by Crippen LogP contribution is 2.44. The van der Waals surface area contributed by atoms with Gasteiger partial charge in [0.2, 0.25) is 10.6 Å². The summed E-state index contributed by atoms with van der Waals surface area (Å²) in [5.74, 6) is -1.68. The van der Waals surface area contributed by atoms with E-state index in [9.17, 15) is 14.4 Å². The number of carboxylic acid groups (broad SMARTS) is 2. The lowest BCUT2D eigenvalue weighted by Crippen LogP contribution is -2.30. The lowest BCUT2D eigenvalue weighted by Gasteiger charge is -2.14. The first kappa shape index (κ1) is 34.7. The van der Waals surface area contributed by atoms with Gasteiger partial charge in [0, 0.05) is 11.9 Å². The van der Waals surface area contributed by atoms with Gasteiger partial charge in [0.25, 0.3) is 0 Å².